The Morgan fingerprint density at radius 2 is 2.11 bits per heavy atom. The van der Waals surface area contributed by atoms with E-state index in [1.807, 2.05) is 4.90 Å². The van der Waals surface area contributed by atoms with E-state index in [0.717, 1.165) is 19.5 Å². The summed E-state index contributed by atoms with van der Waals surface area (Å²) in [4.78, 5) is 21.0. The minimum atomic E-state index is 0.0287. The summed E-state index contributed by atoms with van der Waals surface area (Å²) in [7, 11) is 2.18. The molecule has 19 heavy (non-hydrogen) atoms. The molecule has 2 fully saturated rings. The van der Waals surface area contributed by atoms with Crippen LogP contribution in [0, 0.1) is 0 Å². The molecule has 1 aromatic rings. The van der Waals surface area contributed by atoms with E-state index in [1.165, 1.54) is 12.8 Å². The maximum absolute atomic E-state index is 12.5. The average Bonchev–Trinajstić information content (AvgIpc) is 2.63. The van der Waals surface area contributed by atoms with Crippen molar-refractivity contribution in [1.29, 1.82) is 0 Å². The highest BCUT2D eigenvalue weighted by atomic mass is 16.2. The number of nitrogens with two attached hydrogens (primary N) is 1. The lowest BCUT2D eigenvalue weighted by Crippen LogP contribution is -2.40. The summed E-state index contributed by atoms with van der Waals surface area (Å²) < 4.78 is 0. The number of amides is 1. The fraction of sp³-hybridized carbons (Fsp3) is 0.571. The lowest BCUT2D eigenvalue weighted by molar-refractivity contribution is 0.0734. The third-order valence-electron chi connectivity index (χ3n) is 4.44. The zero-order valence-electron chi connectivity index (χ0n) is 11.2. The number of hydrogen-bond acceptors (Lipinski definition) is 4. The van der Waals surface area contributed by atoms with Crippen LogP contribution in [0.25, 0.3) is 0 Å². The smallest absolute Gasteiger partial charge is 0.272 e. The molecule has 2 N–H and O–H groups in total. The standard InChI is InChI=1S/C14H20N4O/c1-17-11-3-4-12(17)9-18(7-6-11)14(19)13-5-2-10(15)8-16-13/h2,5,8,11-12H,3-4,6-7,9,15H2,1H3. The van der Waals surface area contributed by atoms with Crippen molar-refractivity contribution in [2.45, 2.75) is 31.3 Å². The summed E-state index contributed by atoms with van der Waals surface area (Å²) in [6, 6.07) is 4.59. The van der Waals surface area contributed by atoms with Crippen LogP contribution in [-0.4, -0.2) is 52.9 Å². The van der Waals surface area contributed by atoms with Gasteiger partial charge in [0.1, 0.15) is 5.69 Å². The molecule has 2 unspecified atom stereocenters. The van der Waals surface area contributed by atoms with E-state index in [0.29, 0.717) is 23.5 Å². The molecule has 2 saturated heterocycles. The Hall–Kier alpha value is -1.62. The average molecular weight is 260 g/mol. The van der Waals surface area contributed by atoms with Crippen molar-refractivity contribution in [1.82, 2.24) is 14.8 Å². The quantitative estimate of drug-likeness (QED) is 0.817. The van der Waals surface area contributed by atoms with Crippen LogP contribution in [0.2, 0.25) is 0 Å². The van der Waals surface area contributed by atoms with E-state index < -0.39 is 0 Å². The first-order valence-corrected chi connectivity index (χ1v) is 6.88. The Labute approximate surface area is 113 Å². The van der Waals surface area contributed by atoms with Gasteiger partial charge in [0.05, 0.1) is 11.9 Å². The molecule has 0 saturated carbocycles. The van der Waals surface area contributed by atoms with Crippen LogP contribution in [-0.2, 0) is 0 Å². The molecule has 0 radical (unpaired) electrons. The molecule has 0 aromatic carbocycles. The maximum atomic E-state index is 12.5. The first-order chi connectivity index (χ1) is 9.15. The molecule has 5 nitrogen and oxygen atoms in total. The molecule has 1 amide bonds. The number of pyridine rings is 1. The normalized spacial score (nSPS) is 27.3. The van der Waals surface area contributed by atoms with E-state index in [-0.39, 0.29) is 5.91 Å². The Morgan fingerprint density at radius 3 is 2.84 bits per heavy atom. The van der Waals surface area contributed by atoms with Gasteiger partial charge < -0.3 is 10.6 Å². The van der Waals surface area contributed by atoms with Crippen LogP contribution in [0.15, 0.2) is 18.3 Å². The number of rotatable bonds is 1. The predicted molar refractivity (Wildman–Crippen MR) is 73.7 cm³/mol. The fourth-order valence-corrected chi connectivity index (χ4v) is 3.19. The van der Waals surface area contributed by atoms with Crippen molar-refractivity contribution in [3.8, 4) is 0 Å². The lowest BCUT2D eigenvalue weighted by Gasteiger charge is -2.25. The zero-order chi connectivity index (χ0) is 13.4. The first-order valence-electron chi connectivity index (χ1n) is 6.88. The summed E-state index contributed by atoms with van der Waals surface area (Å²) in [5, 5.41) is 0. The van der Waals surface area contributed by atoms with Crippen molar-refractivity contribution in [2.75, 3.05) is 25.9 Å². The Kier molecular flexibility index (Phi) is 3.14. The molecule has 1 aromatic heterocycles. The van der Waals surface area contributed by atoms with Crippen LogP contribution in [0.5, 0.6) is 0 Å². The second-order valence-corrected chi connectivity index (χ2v) is 5.57. The topological polar surface area (TPSA) is 62.5 Å². The second-order valence-electron chi connectivity index (χ2n) is 5.57. The number of likely N-dealkylation sites (N-methyl/N-ethyl adjacent to an activating group) is 1. The highest BCUT2D eigenvalue weighted by Crippen LogP contribution is 2.28. The van der Waals surface area contributed by atoms with Crippen molar-refractivity contribution in [3.05, 3.63) is 24.0 Å². The number of carbonyl (C=O) groups excluding carboxylic acids is 1. The minimum absolute atomic E-state index is 0.0287. The van der Waals surface area contributed by atoms with E-state index in [1.54, 1.807) is 18.3 Å². The van der Waals surface area contributed by atoms with Gasteiger partial charge in [0.15, 0.2) is 0 Å². The van der Waals surface area contributed by atoms with Crippen molar-refractivity contribution < 1.29 is 4.79 Å². The van der Waals surface area contributed by atoms with Crippen molar-refractivity contribution >= 4 is 11.6 Å². The SMILES string of the molecule is CN1C2CCC1CN(C(=O)c1ccc(N)cn1)CC2. The van der Waals surface area contributed by atoms with E-state index in [4.69, 9.17) is 5.73 Å². The Morgan fingerprint density at radius 1 is 1.32 bits per heavy atom. The monoisotopic (exact) mass is 260 g/mol. The third-order valence-corrected chi connectivity index (χ3v) is 4.44. The van der Waals surface area contributed by atoms with Crippen molar-refractivity contribution in [3.63, 3.8) is 0 Å². The molecule has 2 aliphatic heterocycles. The maximum Gasteiger partial charge on any atom is 0.272 e. The van der Waals surface area contributed by atoms with Crippen LogP contribution < -0.4 is 5.73 Å². The largest absolute Gasteiger partial charge is 0.397 e. The molecular weight excluding hydrogens is 240 g/mol. The fourth-order valence-electron chi connectivity index (χ4n) is 3.19. The highest BCUT2D eigenvalue weighted by molar-refractivity contribution is 5.92. The van der Waals surface area contributed by atoms with Gasteiger partial charge in [-0.1, -0.05) is 0 Å². The summed E-state index contributed by atoms with van der Waals surface area (Å²) in [5.74, 6) is 0.0287. The van der Waals surface area contributed by atoms with Crippen LogP contribution in [0.1, 0.15) is 29.8 Å². The summed E-state index contributed by atoms with van der Waals surface area (Å²) in [5.41, 5.74) is 6.69. The molecule has 5 heteroatoms. The molecule has 2 atom stereocenters. The summed E-state index contributed by atoms with van der Waals surface area (Å²) in [6.45, 7) is 1.65. The number of likely N-dealkylation sites (tertiary alicyclic amines) is 1. The van der Waals surface area contributed by atoms with E-state index in [9.17, 15) is 4.79 Å². The van der Waals surface area contributed by atoms with E-state index >= 15 is 0 Å². The first kappa shape index (κ1) is 12.4. The molecular formula is C14H20N4O. The van der Waals surface area contributed by atoms with Gasteiger partial charge in [-0.3, -0.25) is 9.69 Å². The third kappa shape index (κ3) is 2.30. The lowest BCUT2D eigenvalue weighted by atomic mass is 10.1. The molecule has 102 valence electrons. The number of aromatic nitrogens is 1. The van der Waals surface area contributed by atoms with Gasteiger partial charge in [0.25, 0.3) is 5.91 Å². The predicted octanol–water partition coefficient (Wildman–Crippen LogP) is 0.972. The Balaban J connectivity index is 1.75. The van der Waals surface area contributed by atoms with Crippen LogP contribution in [0.3, 0.4) is 0 Å². The van der Waals surface area contributed by atoms with Gasteiger partial charge in [0.2, 0.25) is 0 Å². The minimum Gasteiger partial charge on any atom is -0.397 e. The second kappa shape index (κ2) is 4.81. The van der Waals surface area contributed by atoms with Gasteiger partial charge in [0, 0.05) is 25.2 Å². The number of carbonyl (C=O) groups is 1. The molecule has 0 aliphatic carbocycles. The van der Waals surface area contributed by atoms with Crippen LogP contribution in [0.4, 0.5) is 5.69 Å². The zero-order valence-corrected chi connectivity index (χ0v) is 11.2. The Bertz CT molecular complexity index is 473. The number of hydrogen-bond donors (Lipinski definition) is 1. The molecule has 0 spiro atoms. The molecule has 3 heterocycles. The van der Waals surface area contributed by atoms with Crippen LogP contribution >= 0.6 is 0 Å². The van der Waals surface area contributed by atoms with E-state index in [2.05, 4.69) is 16.9 Å². The summed E-state index contributed by atoms with van der Waals surface area (Å²) in [6.07, 6.45) is 5.07. The number of nitrogens with zero attached hydrogens (tertiary/aromatic N) is 3. The van der Waals surface area contributed by atoms with Gasteiger partial charge in [-0.2, -0.15) is 0 Å². The highest BCUT2D eigenvalue weighted by Gasteiger charge is 2.36. The molecule has 3 rings (SSSR count). The molecule has 2 aliphatic rings. The summed E-state index contributed by atoms with van der Waals surface area (Å²) >= 11 is 0. The van der Waals surface area contributed by atoms with Gasteiger partial charge in [-0.25, -0.2) is 4.98 Å². The molecule has 2 bridgehead atoms. The number of fused-ring (bicyclic) bond motifs is 2. The van der Waals surface area contributed by atoms with Crippen molar-refractivity contribution in [2.24, 2.45) is 0 Å². The number of anilines is 1. The van der Waals surface area contributed by atoms with Gasteiger partial charge in [-0.05, 0) is 38.4 Å². The van der Waals surface area contributed by atoms with Gasteiger partial charge >= 0.3 is 0 Å². The number of nitrogen functional groups attached to an aromatic ring is 1. The van der Waals surface area contributed by atoms with Gasteiger partial charge in [-0.15, -0.1) is 0 Å².